The number of aliphatic hydroxyl groups is 1. The topological polar surface area (TPSA) is 57.6 Å². The molecule has 2 fully saturated rings. The molecule has 0 aromatic heterocycles. The van der Waals surface area contributed by atoms with E-state index in [1.807, 2.05) is 13.8 Å². The predicted molar refractivity (Wildman–Crippen MR) is 67.8 cm³/mol. The first-order valence-corrected chi connectivity index (χ1v) is 7.03. The Bertz CT molecular complexity index is 354. The number of carbonyl (C=O) groups excluding carboxylic acids is 2. The lowest BCUT2D eigenvalue weighted by atomic mass is 9.84. The second-order valence-electron chi connectivity index (χ2n) is 5.88. The first-order chi connectivity index (χ1) is 8.46. The van der Waals surface area contributed by atoms with Gasteiger partial charge in [0.25, 0.3) is 0 Å². The zero-order valence-corrected chi connectivity index (χ0v) is 11.4. The maximum Gasteiger partial charge on any atom is 0.236 e. The van der Waals surface area contributed by atoms with Crippen LogP contribution < -0.4 is 0 Å². The standard InChI is InChI=1S/C14H23NO3/c1-3-14(18,4-2)10-15-11(16)9-13(12(15)17)7-5-6-8-13/h18H,3-10H2,1-2H3. The molecule has 2 amide bonds. The van der Waals surface area contributed by atoms with Gasteiger partial charge in [-0.25, -0.2) is 0 Å². The third-order valence-electron chi connectivity index (χ3n) is 4.82. The number of likely N-dealkylation sites (tertiary alicyclic amines) is 1. The van der Waals surface area contributed by atoms with Crippen molar-refractivity contribution in [3.05, 3.63) is 0 Å². The summed E-state index contributed by atoms with van der Waals surface area (Å²) in [5.41, 5.74) is -1.34. The van der Waals surface area contributed by atoms with Crippen LogP contribution >= 0.6 is 0 Å². The SMILES string of the molecule is CCC(O)(CC)CN1C(=O)CC2(CCCC2)C1=O. The summed E-state index contributed by atoms with van der Waals surface area (Å²) in [4.78, 5) is 25.8. The van der Waals surface area contributed by atoms with Crippen molar-refractivity contribution in [2.45, 2.75) is 64.4 Å². The maximum atomic E-state index is 12.4. The molecule has 0 unspecified atom stereocenters. The van der Waals surface area contributed by atoms with Gasteiger partial charge in [0, 0.05) is 6.42 Å². The van der Waals surface area contributed by atoms with Crippen LogP contribution in [0.4, 0.5) is 0 Å². The van der Waals surface area contributed by atoms with Gasteiger partial charge in [-0.1, -0.05) is 26.7 Å². The van der Waals surface area contributed by atoms with E-state index in [2.05, 4.69) is 0 Å². The van der Waals surface area contributed by atoms with Gasteiger partial charge in [0.2, 0.25) is 11.8 Å². The lowest BCUT2D eigenvalue weighted by Crippen LogP contribution is -2.46. The molecule has 0 aromatic carbocycles. The lowest BCUT2D eigenvalue weighted by molar-refractivity contribution is -0.145. The molecule has 0 atom stereocenters. The molecular weight excluding hydrogens is 230 g/mol. The Balaban J connectivity index is 2.15. The van der Waals surface area contributed by atoms with Crippen LogP contribution in [-0.4, -0.2) is 34.0 Å². The summed E-state index contributed by atoms with van der Waals surface area (Å²) in [6.45, 7) is 3.94. The molecule has 1 aliphatic heterocycles. The summed E-state index contributed by atoms with van der Waals surface area (Å²) < 4.78 is 0. The van der Waals surface area contributed by atoms with Crippen molar-refractivity contribution in [1.82, 2.24) is 4.90 Å². The number of rotatable bonds is 4. The van der Waals surface area contributed by atoms with Crippen LogP contribution in [0.5, 0.6) is 0 Å². The average molecular weight is 253 g/mol. The molecule has 1 aliphatic carbocycles. The number of hydrogen-bond acceptors (Lipinski definition) is 3. The number of nitrogens with zero attached hydrogens (tertiary/aromatic N) is 1. The number of imide groups is 1. The van der Waals surface area contributed by atoms with Gasteiger partial charge in [-0.3, -0.25) is 14.5 Å². The van der Waals surface area contributed by atoms with Crippen LogP contribution in [0.3, 0.4) is 0 Å². The second-order valence-corrected chi connectivity index (χ2v) is 5.88. The van der Waals surface area contributed by atoms with E-state index < -0.39 is 11.0 Å². The van der Waals surface area contributed by atoms with Crippen molar-refractivity contribution in [3.63, 3.8) is 0 Å². The minimum absolute atomic E-state index is 0.0367. The highest BCUT2D eigenvalue weighted by atomic mass is 16.3. The summed E-state index contributed by atoms with van der Waals surface area (Å²) in [6.07, 6.45) is 5.24. The highest BCUT2D eigenvalue weighted by Crippen LogP contribution is 2.47. The van der Waals surface area contributed by atoms with Crippen molar-refractivity contribution >= 4 is 11.8 Å². The molecule has 0 bridgehead atoms. The molecule has 1 spiro atoms. The van der Waals surface area contributed by atoms with E-state index in [-0.39, 0.29) is 18.4 Å². The smallest absolute Gasteiger partial charge is 0.236 e. The van der Waals surface area contributed by atoms with E-state index in [1.165, 1.54) is 4.90 Å². The first-order valence-electron chi connectivity index (χ1n) is 7.03. The minimum Gasteiger partial charge on any atom is -0.388 e. The van der Waals surface area contributed by atoms with Crippen molar-refractivity contribution in [2.75, 3.05) is 6.54 Å². The van der Waals surface area contributed by atoms with Crippen LogP contribution in [0.15, 0.2) is 0 Å². The molecular formula is C14H23NO3. The van der Waals surface area contributed by atoms with Gasteiger partial charge < -0.3 is 5.11 Å². The number of β-amino-alcohol motifs (C(OH)–C–C–N with tert-alkyl or cyclic N) is 1. The van der Waals surface area contributed by atoms with Crippen LogP contribution in [0.25, 0.3) is 0 Å². The molecule has 1 saturated carbocycles. The average Bonchev–Trinajstić information content (AvgIpc) is 2.91. The summed E-state index contributed by atoms with van der Waals surface area (Å²) in [5.74, 6) is -0.132. The van der Waals surface area contributed by atoms with Crippen LogP contribution in [0.1, 0.15) is 58.8 Å². The molecule has 0 aromatic rings. The summed E-state index contributed by atoms with van der Waals surface area (Å²) >= 11 is 0. The highest BCUT2D eigenvalue weighted by Gasteiger charge is 2.53. The first kappa shape index (κ1) is 13.5. The molecule has 2 aliphatic rings. The Hall–Kier alpha value is -0.900. The van der Waals surface area contributed by atoms with E-state index in [4.69, 9.17) is 0 Å². The molecule has 1 N–H and O–H groups in total. The van der Waals surface area contributed by atoms with Gasteiger partial charge in [-0.05, 0) is 25.7 Å². The van der Waals surface area contributed by atoms with E-state index >= 15 is 0 Å². The van der Waals surface area contributed by atoms with Crippen LogP contribution in [0, 0.1) is 5.41 Å². The molecule has 4 heteroatoms. The maximum absolute atomic E-state index is 12.4. The van der Waals surface area contributed by atoms with Crippen molar-refractivity contribution in [1.29, 1.82) is 0 Å². The predicted octanol–water partition coefficient (Wildman–Crippen LogP) is 1.86. The Morgan fingerprint density at radius 1 is 1.22 bits per heavy atom. The monoisotopic (exact) mass is 253 g/mol. The quantitative estimate of drug-likeness (QED) is 0.778. The number of amides is 2. The molecule has 18 heavy (non-hydrogen) atoms. The Kier molecular flexibility index (Phi) is 3.49. The van der Waals surface area contributed by atoms with Crippen LogP contribution in [-0.2, 0) is 9.59 Å². The van der Waals surface area contributed by atoms with Crippen molar-refractivity contribution < 1.29 is 14.7 Å². The third-order valence-corrected chi connectivity index (χ3v) is 4.82. The molecule has 1 saturated heterocycles. The Morgan fingerprint density at radius 3 is 2.28 bits per heavy atom. The van der Waals surface area contributed by atoms with Gasteiger partial charge in [0.15, 0.2) is 0 Å². The zero-order valence-electron chi connectivity index (χ0n) is 11.4. The van der Waals surface area contributed by atoms with Gasteiger partial charge in [-0.15, -0.1) is 0 Å². The Labute approximate surface area is 108 Å². The fraction of sp³-hybridized carbons (Fsp3) is 0.857. The van der Waals surface area contributed by atoms with Gasteiger partial charge in [-0.2, -0.15) is 0 Å². The van der Waals surface area contributed by atoms with E-state index in [0.717, 1.165) is 25.7 Å². The molecule has 2 rings (SSSR count). The van der Waals surface area contributed by atoms with Crippen LogP contribution in [0.2, 0.25) is 0 Å². The lowest BCUT2D eigenvalue weighted by Gasteiger charge is -2.30. The molecule has 4 nitrogen and oxygen atoms in total. The highest BCUT2D eigenvalue weighted by molar-refractivity contribution is 6.06. The largest absolute Gasteiger partial charge is 0.388 e. The fourth-order valence-electron chi connectivity index (χ4n) is 3.23. The third kappa shape index (κ3) is 2.07. The zero-order chi connectivity index (χ0) is 13.4. The van der Waals surface area contributed by atoms with Gasteiger partial charge in [0.05, 0.1) is 17.6 Å². The van der Waals surface area contributed by atoms with Gasteiger partial charge >= 0.3 is 0 Å². The second kappa shape index (κ2) is 4.65. The van der Waals surface area contributed by atoms with E-state index in [9.17, 15) is 14.7 Å². The van der Waals surface area contributed by atoms with E-state index in [1.54, 1.807) is 0 Å². The number of carbonyl (C=O) groups is 2. The minimum atomic E-state index is -0.921. The summed E-state index contributed by atoms with van der Waals surface area (Å²) in [7, 11) is 0. The molecule has 1 heterocycles. The molecule has 102 valence electrons. The fourth-order valence-corrected chi connectivity index (χ4v) is 3.23. The normalized spacial score (nSPS) is 23.4. The Morgan fingerprint density at radius 2 is 1.78 bits per heavy atom. The number of hydrogen-bond donors (Lipinski definition) is 1. The van der Waals surface area contributed by atoms with Crippen molar-refractivity contribution in [3.8, 4) is 0 Å². The summed E-state index contributed by atoms with van der Waals surface area (Å²) in [5, 5.41) is 10.3. The molecule has 0 radical (unpaired) electrons. The van der Waals surface area contributed by atoms with Crippen molar-refractivity contribution in [2.24, 2.45) is 5.41 Å². The summed E-state index contributed by atoms with van der Waals surface area (Å²) in [6, 6.07) is 0. The van der Waals surface area contributed by atoms with E-state index in [0.29, 0.717) is 19.3 Å². The van der Waals surface area contributed by atoms with Gasteiger partial charge in [0.1, 0.15) is 0 Å².